The van der Waals surface area contributed by atoms with E-state index in [4.69, 9.17) is 9.72 Å². The second-order valence-electron chi connectivity index (χ2n) is 11.9. The summed E-state index contributed by atoms with van der Waals surface area (Å²) in [5.74, 6) is -0.396. The second-order valence-corrected chi connectivity index (χ2v) is 11.9. The molecule has 0 saturated carbocycles. The summed E-state index contributed by atoms with van der Waals surface area (Å²) in [5, 5.41) is 3.41. The minimum absolute atomic E-state index is 0.225. The summed E-state index contributed by atoms with van der Waals surface area (Å²) in [6, 6.07) is 22.4. The maximum Gasteiger partial charge on any atom is 0.351 e. The second kappa shape index (κ2) is 13.9. The average Bonchev–Trinajstić information content (AvgIpc) is 3.08. The van der Waals surface area contributed by atoms with Gasteiger partial charge in [-0.3, -0.25) is 9.47 Å². The molecule has 0 amide bonds. The van der Waals surface area contributed by atoms with Crippen LogP contribution in [0.3, 0.4) is 0 Å². The fourth-order valence-corrected chi connectivity index (χ4v) is 6.79. The summed E-state index contributed by atoms with van der Waals surface area (Å²) in [7, 11) is 0. The number of nitrogens with one attached hydrogen (secondary N) is 1. The summed E-state index contributed by atoms with van der Waals surface area (Å²) < 4.78 is 35.0. The van der Waals surface area contributed by atoms with Crippen LogP contribution in [0, 0.1) is 11.6 Å². The molecule has 2 aliphatic rings. The lowest BCUT2D eigenvalue weighted by Gasteiger charge is -2.42. The molecule has 1 aromatic heterocycles. The van der Waals surface area contributed by atoms with E-state index in [1.54, 1.807) is 35.8 Å². The fraction of sp³-hybridized carbons (Fsp3) is 0.324. The molecule has 1 N–H and O–H groups in total. The van der Waals surface area contributed by atoms with E-state index in [1.807, 2.05) is 44.2 Å². The van der Waals surface area contributed by atoms with E-state index in [9.17, 15) is 18.4 Å². The number of esters is 1. The van der Waals surface area contributed by atoms with Crippen LogP contribution in [-0.4, -0.2) is 53.2 Å². The number of fused-ring (bicyclic) bond motifs is 1. The van der Waals surface area contributed by atoms with Gasteiger partial charge < -0.3 is 15.0 Å². The van der Waals surface area contributed by atoms with Crippen LogP contribution in [-0.2, 0) is 16.1 Å². The van der Waals surface area contributed by atoms with Crippen molar-refractivity contribution in [1.29, 1.82) is 0 Å². The number of allylic oxidation sites excluding steroid dienone is 1. The number of hydrogen-bond acceptors (Lipinski definition) is 7. The molecule has 0 radical (unpaired) electrons. The molecule has 1 atom stereocenters. The van der Waals surface area contributed by atoms with Gasteiger partial charge in [0.15, 0.2) is 0 Å². The van der Waals surface area contributed by atoms with Gasteiger partial charge in [0.2, 0.25) is 0 Å². The van der Waals surface area contributed by atoms with Gasteiger partial charge in [-0.05, 0) is 61.2 Å². The molecule has 3 heterocycles. The predicted octanol–water partition coefficient (Wildman–Crippen LogP) is 6.24. The lowest BCUT2D eigenvalue weighted by molar-refractivity contribution is -0.138. The van der Waals surface area contributed by atoms with Crippen molar-refractivity contribution in [2.75, 3.05) is 43.0 Å². The number of rotatable bonds is 9. The number of carbonyl (C=O) groups is 1. The van der Waals surface area contributed by atoms with Crippen molar-refractivity contribution in [3.05, 3.63) is 135 Å². The van der Waals surface area contributed by atoms with Gasteiger partial charge in [0.25, 0.3) is 0 Å². The molecule has 6 rings (SSSR count). The van der Waals surface area contributed by atoms with Crippen LogP contribution in [0.25, 0.3) is 0 Å². The molecular formula is C37H39F2N5O3. The number of hydrogen-bond donors (Lipinski definition) is 1. The third-order valence-electron chi connectivity index (χ3n) is 8.91. The Morgan fingerprint density at radius 3 is 2.06 bits per heavy atom. The summed E-state index contributed by atoms with van der Waals surface area (Å²) in [4.78, 5) is 36.2. The highest BCUT2D eigenvalue weighted by molar-refractivity contribution is 5.95. The number of aromatic nitrogens is 2. The molecule has 1 saturated heterocycles. The molecule has 8 nitrogen and oxygen atoms in total. The van der Waals surface area contributed by atoms with Crippen LogP contribution in [0.1, 0.15) is 61.4 Å². The molecule has 3 aromatic carbocycles. The first-order valence-corrected chi connectivity index (χ1v) is 16.1. The molecule has 47 heavy (non-hydrogen) atoms. The van der Waals surface area contributed by atoms with Crippen molar-refractivity contribution in [2.24, 2.45) is 0 Å². The van der Waals surface area contributed by atoms with Gasteiger partial charge in [0, 0.05) is 44.0 Å². The van der Waals surface area contributed by atoms with E-state index in [2.05, 4.69) is 15.1 Å². The molecule has 10 heteroatoms. The monoisotopic (exact) mass is 639 g/mol. The Bertz CT molecular complexity index is 1770. The summed E-state index contributed by atoms with van der Waals surface area (Å²) >= 11 is 0. The Hall–Kier alpha value is -4.83. The number of benzene rings is 3. The van der Waals surface area contributed by atoms with Gasteiger partial charge in [-0.25, -0.2) is 18.4 Å². The van der Waals surface area contributed by atoms with Crippen molar-refractivity contribution in [2.45, 2.75) is 45.7 Å². The van der Waals surface area contributed by atoms with Crippen LogP contribution in [0.15, 0.2) is 94.9 Å². The Kier molecular flexibility index (Phi) is 9.49. The zero-order chi connectivity index (χ0) is 33.1. The third-order valence-corrected chi connectivity index (χ3v) is 8.91. The maximum absolute atomic E-state index is 13.9. The van der Waals surface area contributed by atoms with E-state index in [1.165, 1.54) is 24.3 Å². The normalized spacial score (nSPS) is 16.6. The molecule has 4 aromatic rings. The number of carbonyl (C=O) groups excluding carboxylic acids is 1. The smallest absolute Gasteiger partial charge is 0.351 e. The quantitative estimate of drug-likeness (QED) is 0.217. The minimum Gasteiger partial charge on any atom is -0.463 e. The summed E-state index contributed by atoms with van der Waals surface area (Å²) in [6.45, 7) is 8.60. The highest BCUT2D eigenvalue weighted by Crippen LogP contribution is 2.46. The van der Waals surface area contributed by atoms with Crippen LogP contribution < -0.4 is 15.9 Å². The van der Waals surface area contributed by atoms with E-state index in [-0.39, 0.29) is 30.0 Å². The topological polar surface area (TPSA) is 79.7 Å². The summed E-state index contributed by atoms with van der Waals surface area (Å²) in [5.41, 5.74) is 4.23. The SMILES string of the molecule is CCCn1c2c(c(N3CCN(C(c4ccc(F)cc4)c4ccc(F)cc4)CC3)nc1=O)C(c1ccccc1)C(C(=O)OCC)=C(C)N2. The first-order valence-electron chi connectivity index (χ1n) is 16.1. The number of piperazine rings is 1. The molecule has 0 spiro atoms. The molecule has 1 unspecified atom stereocenters. The van der Waals surface area contributed by atoms with Crippen LogP contribution in [0.4, 0.5) is 20.4 Å². The van der Waals surface area contributed by atoms with E-state index >= 15 is 0 Å². The van der Waals surface area contributed by atoms with Gasteiger partial charge in [0.05, 0.1) is 24.1 Å². The van der Waals surface area contributed by atoms with Crippen LogP contribution >= 0.6 is 0 Å². The van der Waals surface area contributed by atoms with Gasteiger partial charge in [-0.15, -0.1) is 0 Å². The largest absolute Gasteiger partial charge is 0.463 e. The molecule has 0 bridgehead atoms. The molecular weight excluding hydrogens is 600 g/mol. The number of nitrogens with zero attached hydrogens (tertiary/aromatic N) is 4. The van der Waals surface area contributed by atoms with Crippen molar-refractivity contribution in [3.63, 3.8) is 0 Å². The lowest BCUT2D eigenvalue weighted by atomic mass is 9.81. The van der Waals surface area contributed by atoms with Gasteiger partial charge in [-0.2, -0.15) is 4.98 Å². The third kappa shape index (κ3) is 6.42. The molecule has 2 aliphatic heterocycles. The first kappa shape index (κ1) is 32.1. The lowest BCUT2D eigenvalue weighted by Crippen LogP contribution is -2.49. The van der Waals surface area contributed by atoms with Crippen molar-refractivity contribution >= 4 is 17.6 Å². The molecule has 0 aliphatic carbocycles. The highest BCUT2D eigenvalue weighted by Gasteiger charge is 2.39. The van der Waals surface area contributed by atoms with Gasteiger partial charge in [-0.1, -0.05) is 61.5 Å². The standard InChI is InChI=1S/C37H39F2N5O3/c1-4-19-44-35-32(31(25-9-7-6-8-10-25)30(24(3)40-35)36(45)47-5-2)34(41-37(44)46)43-22-20-42(21-23-43)33(26-11-15-28(38)16-12-26)27-13-17-29(39)18-14-27/h6-18,31,33,40H,4-5,19-23H2,1-3H3. The minimum atomic E-state index is -0.512. The number of ether oxygens (including phenoxy) is 1. The van der Waals surface area contributed by atoms with E-state index < -0.39 is 11.9 Å². The Morgan fingerprint density at radius 2 is 1.51 bits per heavy atom. The van der Waals surface area contributed by atoms with Crippen LogP contribution in [0.5, 0.6) is 0 Å². The molecule has 1 fully saturated rings. The Balaban J connectivity index is 1.41. The predicted molar refractivity (Wildman–Crippen MR) is 178 cm³/mol. The highest BCUT2D eigenvalue weighted by atomic mass is 19.1. The van der Waals surface area contributed by atoms with Crippen molar-refractivity contribution < 1.29 is 18.3 Å². The first-order chi connectivity index (χ1) is 22.8. The zero-order valence-electron chi connectivity index (χ0n) is 26.9. The van der Waals surface area contributed by atoms with Crippen molar-refractivity contribution in [1.82, 2.24) is 14.5 Å². The Morgan fingerprint density at radius 1 is 0.915 bits per heavy atom. The summed E-state index contributed by atoms with van der Waals surface area (Å²) in [6.07, 6.45) is 0.728. The van der Waals surface area contributed by atoms with Crippen molar-refractivity contribution in [3.8, 4) is 0 Å². The number of anilines is 2. The van der Waals surface area contributed by atoms with E-state index in [0.717, 1.165) is 28.7 Å². The fourth-order valence-electron chi connectivity index (χ4n) is 6.79. The number of halogens is 2. The molecule has 244 valence electrons. The van der Waals surface area contributed by atoms with Gasteiger partial charge in [0.1, 0.15) is 23.3 Å². The zero-order valence-corrected chi connectivity index (χ0v) is 26.9. The Labute approximate surface area is 273 Å². The maximum atomic E-state index is 13.9. The van der Waals surface area contributed by atoms with E-state index in [0.29, 0.717) is 55.6 Å². The van der Waals surface area contributed by atoms with Crippen LogP contribution in [0.2, 0.25) is 0 Å². The average molecular weight is 640 g/mol. The van der Waals surface area contributed by atoms with Gasteiger partial charge >= 0.3 is 11.7 Å².